The van der Waals surface area contributed by atoms with Crippen LogP contribution >= 0.6 is 0 Å². The highest BCUT2D eigenvalue weighted by molar-refractivity contribution is 5.68. The van der Waals surface area contributed by atoms with Crippen molar-refractivity contribution < 1.29 is 37.3 Å². The minimum absolute atomic E-state index is 0.139. The number of rotatable bonds is 4. The van der Waals surface area contributed by atoms with Crippen molar-refractivity contribution in [3.8, 4) is 0 Å². The monoisotopic (exact) mass is 343 g/mol. The third-order valence-electron chi connectivity index (χ3n) is 3.16. The van der Waals surface area contributed by atoms with Gasteiger partial charge in [-0.25, -0.2) is 4.79 Å². The van der Waals surface area contributed by atoms with Crippen LogP contribution in [0.1, 0.15) is 34.6 Å². The van der Waals surface area contributed by atoms with Crippen LogP contribution in [-0.2, 0) is 14.2 Å². The highest BCUT2D eigenvalue weighted by Gasteiger charge is 2.51. The van der Waals surface area contributed by atoms with Crippen molar-refractivity contribution in [2.24, 2.45) is 5.92 Å². The number of hydrogen-bond donors (Lipinski definition) is 2. The van der Waals surface area contributed by atoms with Crippen molar-refractivity contribution in [1.82, 2.24) is 5.32 Å². The van der Waals surface area contributed by atoms with Crippen molar-refractivity contribution in [3.05, 3.63) is 0 Å². The van der Waals surface area contributed by atoms with Crippen LogP contribution in [0.4, 0.5) is 18.0 Å². The van der Waals surface area contributed by atoms with Crippen molar-refractivity contribution in [3.63, 3.8) is 0 Å². The molecule has 0 saturated carbocycles. The fourth-order valence-electron chi connectivity index (χ4n) is 2.21. The third kappa shape index (κ3) is 6.15. The second-order valence-electron chi connectivity index (χ2n) is 6.87. The van der Waals surface area contributed by atoms with Crippen molar-refractivity contribution in [2.75, 3.05) is 13.2 Å². The summed E-state index contributed by atoms with van der Waals surface area (Å²) in [5.41, 5.74) is -0.867. The average Bonchev–Trinajstić information content (AvgIpc) is 2.65. The van der Waals surface area contributed by atoms with Gasteiger partial charge in [0.05, 0.1) is 19.3 Å². The molecule has 0 aromatic carbocycles. The normalized spacial score (nSPS) is 24.1. The van der Waals surface area contributed by atoms with Gasteiger partial charge in [0, 0.05) is 0 Å². The molecule has 0 unspecified atom stereocenters. The van der Waals surface area contributed by atoms with Crippen LogP contribution < -0.4 is 5.32 Å². The minimum atomic E-state index is -4.72. The summed E-state index contributed by atoms with van der Waals surface area (Å²) >= 11 is 0. The number of alkyl carbamates (subject to hydrolysis) is 1. The lowest BCUT2D eigenvalue weighted by Gasteiger charge is -2.33. The second-order valence-corrected chi connectivity index (χ2v) is 6.87. The molecule has 1 aliphatic heterocycles. The predicted octanol–water partition coefficient (Wildman–Crippen LogP) is 2.20. The lowest BCUT2D eigenvalue weighted by Crippen LogP contribution is -2.55. The average molecular weight is 343 g/mol. The van der Waals surface area contributed by atoms with Gasteiger partial charge in [-0.3, -0.25) is 0 Å². The van der Waals surface area contributed by atoms with E-state index in [1.807, 2.05) is 0 Å². The van der Waals surface area contributed by atoms with E-state index >= 15 is 0 Å². The molecule has 136 valence electrons. The summed E-state index contributed by atoms with van der Waals surface area (Å²) in [6.07, 6.45) is -6.79. The Morgan fingerprint density at radius 3 is 2.30 bits per heavy atom. The summed E-state index contributed by atoms with van der Waals surface area (Å²) in [6.45, 7) is 6.55. The Labute approximate surface area is 133 Å². The highest BCUT2D eigenvalue weighted by Crippen LogP contribution is 2.34. The van der Waals surface area contributed by atoms with Gasteiger partial charge >= 0.3 is 12.3 Å². The van der Waals surface area contributed by atoms with Crippen LogP contribution in [-0.4, -0.2) is 54.1 Å². The number of carbonyl (C=O) groups excluding carboxylic acids is 1. The van der Waals surface area contributed by atoms with Gasteiger partial charge in [0.1, 0.15) is 17.6 Å². The number of aliphatic hydroxyl groups excluding tert-OH is 1. The van der Waals surface area contributed by atoms with Crippen LogP contribution in [0.5, 0.6) is 0 Å². The molecule has 3 atom stereocenters. The molecule has 0 bridgehead atoms. The molecule has 9 heteroatoms. The van der Waals surface area contributed by atoms with Gasteiger partial charge in [0.15, 0.2) is 5.79 Å². The Morgan fingerprint density at radius 1 is 1.39 bits per heavy atom. The molecule has 1 saturated heterocycles. The molecular weight excluding hydrogens is 319 g/mol. The van der Waals surface area contributed by atoms with Crippen molar-refractivity contribution in [1.29, 1.82) is 0 Å². The Kier molecular flexibility index (Phi) is 5.93. The fraction of sp³-hybridized carbons (Fsp3) is 0.929. The van der Waals surface area contributed by atoms with Gasteiger partial charge in [0.2, 0.25) is 0 Å². The molecule has 23 heavy (non-hydrogen) atoms. The van der Waals surface area contributed by atoms with E-state index in [-0.39, 0.29) is 6.61 Å². The van der Waals surface area contributed by atoms with Crippen LogP contribution in [0, 0.1) is 5.92 Å². The first-order valence-electron chi connectivity index (χ1n) is 7.24. The second kappa shape index (κ2) is 6.82. The maximum absolute atomic E-state index is 13.2. The zero-order valence-electron chi connectivity index (χ0n) is 13.9. The van der Waals surface area contributed by atoms with Gasteiger partial charge < -0.3 is 24.6 Å². The van der Waals surface area contributed by atoms with Crippen LogP contribution in [0.3, 0.4) is 0 Å². The van der Waals surface area contributed by atoms with Gasteiger partial charge in [-0.2, -0.15) is 13.2 Å². The molecule has 1 fully saturated rings. The molecule has 1 aliphatic rings. The molecule has 1 amide bonds. The largest absolute Gasteiger partial charge is 0.444 e. The molecule has 1 heterocycles. The molecule has 0 spiro atoms. The van der Waals surface area contributed by atoms with Crippen LogP contribution in [0.25, 0.3) is 0 Å². The van der Waals surface area contributed by atoms with E-state index in [0.717, 1.165) is 0 Å². The van der Waals surface area contributed by atoms with Gasteiger partial charge in [-0.05, 0) is 34.6 Å². The highest BCUT2D eigenvalue weighted by atomic mass is 19.4. The molecule has 0 aromatic rings. The van der Waals surface area contributed by atoms with Crippen molar-refractivity contribution >= 4 is 6.09 Å². The molecule has 2 N–H and O–H groups in total. The molecule has 6 nitrogen and oxygen atoms in total. The number of carbonyl (C=O) groups is 1. The SMILES string of the molecule is CC(C)(C)OC(=O)N[C@H]([C@@H](CO)C(F)(F)F)[C@H]1COC(C)(C)O1. The quantitative estimate of drug-likeness (QED) is 0.818. The van der Waals surface area contributed by atoms with Gasteiger partial charge in [-0.1, -0.05) is 0 Å². The standard InChI is InChI=1S/C14H24F3NO5/c1-12(2,3)23-11(20)18-10(8(6-19)14(15,16)17)9-7-21-13(4,5)22-9/h8-10,19H,6-7H2,1-5H3,(H,18,20)/t8-,9-,10-/m1/s1. The summed E-state index contributed by atoms with van der Waals surface area (Å²) in [5.74, 6) is -3.26. The Balaban J connectivity index is 2.95. The summed E-state index contributed by atoms with van der Waals surface area (Å²) in [7, 11) is 0. The third-order valence-corrected chi connectivity index (χ3v) is 3.16. The Hall–Kier alpha value is -1.06. The lowest BCUT2D eigenvalue weighted by molar-refractivity contribution is -0.205. The molecule has 0 radical (unpaired) electrons. The van der Waals surface area contributed by atoms with Crippen molar-refractivity contribution in [2.45, 2.75) is 64.3 Å². The number of nitrogens with one attached hydrogen (secondary N) is 1. The zero-order chi connectivity index (χ0) is 18.1. The summed E-state index contributed by atoms with van der Waals surface area (Å²) in [5, 5.41) is 11.3. The maximum atomic E-state index is 13.2. The van der Waals surface area contributed by atoms with Gasteiger partial charge in [-0.15, -0.1) is 0 Å². The topological polar surface area (TPSA) is 77.0 Å². The summed E-state index contributed by atoms with van der Waals surface area (Å²) < 4.78 is 55.1. The maximum Gasteiger partial charge on any atom is 0.407 e. The smallest absolute Gasteiger partial charge is 0.407 e. The number of ether oxygens (including phenoxy) is 3. The number of aliphatic hydroxyl groups is 1. The van der Waals surface area contributed by atoms with E-state index in [0.29, 0.717) is 0 Å². The van der Waals surface area contributed by atoms with E-state index < -0.39 is 48.3 Å². The summed E-state index contributed by atoms with van der Waals surface area (Å²) in [4.78, 5) is 11.9. The minimum Gasteiger partial charge on any atom is -0.444 e. The Bertz CT molecular complexity index is 420. The van der Waals surface area contributed by atoms with Crippen LogP contribution in [0.15, 0.2) is 0 Å². The molecule has 0 aromatic heterocycles. The molecule has 1 rings (SSSR count). The Morgan fingerprint density at radius 2 is 1.96 bits per heavy atom. The van der Waals surface area contributed by atoms with E-state index in [2.05, 4.69) is 5.32 Å². The lowest BCUT2D eigenvalue weighted by atomic mass is 9.95. The predicted molar refractivity (Wildman–Crippen MR) is 74.7 cm³/mol. The number of amides is 1. The molecular formula is C14H24F3NO5. The summed E-state index contributed by atoms with van der Waals surface area (Å²) in [6, 6.07) is -1.53. The van der Waals surface area contributed by atoms with E-state index in [9.17, 15) is 18.0 Å². The zero-order valence-corrected chi connectivity index (χ0v) is 13.9. The number of alkyl halides is 3. The van der Waals surface area contributed by atoms with Crippen LogP contribution in [0.2, 0.25) is 0 Å². The van der Waals surface area contributed by atoms with Gasteiger partial charge in [0.25, 0.3) is 0 Å². The van der Waals surface area contributed by atoms with E-state index in [1.54, 1.807) is 34.6 Å². The van der Waals surface area contributed by atoms with E-state index in [1.165, 1.54) is 0 Å². The number of halogens is 3. The first-order valence-corrected chi connectivity index (χ1v) is 7.24. The number of hydrogen-bond acceptors (Lipinski definition) is 5. The fourth-order valence-corrected chi connectivity index (χ4v) is 2.21. The first-order chi connectivity index (χ1) is 10.2. The van der Waals surface area contributed by atoms with E-state index in [4.69, 9.17) is 19.3 Å². The first kappa shape index (κ1) is 20.0. The molecule has 0 aliphatic carbocycles.